The fourth-order valence-corrected chi connectivity index (χ4v) is 2.75. The van der Waals surface area contributed by atoms with E-state index >= 15 is 0 Å². The van der Waals surface area contributed by atoms with Gasteiger partial charge in [0, 0.05) is 5.56 Å². The SMILES string of the molecule is N#Cc1c(Cl)nc(N)c2c1C(N)(c1ccccc1)NC2=O. The third kappa shape index (κ3) is 1.76. The quantitative estimate of drug-likeness (QED) is 0.681. The summed E-state index contributed by atoms with van der Waals surface area (Å²) < 4.78 is 0. The molecule has 3 rings (SSSR count). The van der Waals surface area contributed by atoms with E-state index < -0.39 is 11.6 Å². The number of nitrogens with two attached hydrogens (primary N) is 2. The minimum Gasteiger partial charge on any atom is -0.383 e. The first-order chi connectivity index (χ1) is 9.99. The number of nitrogens with zero attached hydrogens (tertiary/aromatic N) is 2. The molecule has 104 valence electrons. The second kappa shape index (κ2) is 4.45. The van der Waals surface area contributed by atoms with Crippen molar-refractivity contribution in [2.24, 2.45) is 5.73 Å². The first kappa shape index (κ1) is 13.4. The highest BCUT2D eigenvalue weighted by Gasteiger charge is 2.45. The van der Waals surface area contributed by atoms with Gasteiger partial charge in [0.15, 0.2) is 0 Å². The summed E-state index contributed by atoms with van der Waals surface area (Å²) in [6.07, 6.45) is 0. The second-order valence-electron chi connectivity index (χ2n) is 4.65. The molecule has 5 N–H and O–H groups in total. The van der Waals surface area contributed by atoms with E-state index in [1.165, 1.54) is 0 Å². The van der Waals surface area contributed by atoms with Crippen molar-refractivity contribution in [1.29, 1.82) is 5.26 Å². The van der Waals surface area contributed by atoms with E-state index in [0.717, 1.165) is 0 Å². The number of aromatic nitrogens is 1. The number of carbonyl (C=O) groups is 1. The highest BCUT2D eigenvalue weighted by molar-refractivity contribution is 6.31. The van der Waals surface area contributed by atoms with Crippen molar-refractivity contribution >= 4 is 23.3 Å². The van der Waals surface area contributed by atoms with Gasteiger partial charge >= 0.3 is 0 Å². The van der Waals surface area contributed by atoms with Crippen LogP contribution in [-0.4, -0.2) is 10.9 Å². The third-order valence-electron chi connectivity index (χ3n) is 3.45. The van der Waals surface area contributed by atoms with Gasteiger partial charge < -0.3 is 16.8 Å². The maximum atomic E-state index is 12.2. The Morgan fingerprint density at radius 2 is 2.00 bits per heavy atom. The molecule has 0 saturated heterocycles. The van der Waals surface area contributed by atoms with Crippen molar-refractivity contribution in [3.63, 3.8) is 0 Å². The van der Waals surface area contributed by atoms with E-state index in [9.17, 15) is 10.1 Å². The van der Waals surface area contributed by atoms with E-state index in [1.807, 2.05) is 12.1 Å². The Balaban J connectivity index is 2.39. The molecule has 7 heteroatoms. The number of nitriles is 1. The molecule has 1 unspecified atom stereocenters. The van der Waals surface area contributed by atoms with Gasteiger partial charge in [0.25, 0.3) is 5.91 Å². The molecular formula is C14H10ClN5O. The van der Waals surface area contributed by atoms with Gasteiger partial charge in [-0.25, -0.2) is 4.98 Å². The van der Waals surface area contributed by atoms with Crippen LogP contribution >= 0.6 is 11.6 Å². The number of anilines is 1. The highest BCUT2D eigenvalue weighted by Crippen LogP contribution is 2.39. The van der Waals surface area contributed by atoms with E-state index in [4.69, 9.17) is 23.1 Å². The summed E-state index contributed by atoms with van der Waals surface area (Å²) in [7, 11) is 0. The molecule has 0 fully saturated rings. The Morgan fingerprint density at radius 3 is 2.62 bits per heavy atom. The molecule has 0 radical (unpaired) electrons. The molecule has 0 aliphatic carbocycles. The Kier molecular flexibility index (Phi) is 2.83. The zero-order valence-corrected chi connectivity index (χ0v) is 11.5. The van der Waals surface area contributed by atoms with Gasteiger partial charge in [-0.1, -0.05) is 41.9 Å². The van der Waals surface area contributed by atoms with Crippen molar-refractivity contribution < 1.29 is 4.79 Å². The minimum absolute atomic E-state index is 0.0465. The summed E-state index contributed by atoms with van der Waals surface area (Å²) >= 11 is 5.97. The lowest BCUT2D eigenvalue weighted by molar-refractivity contribution is 0.0942. The van der Waals surface area contributed by atoms with Crippen LogP contribution in [0.1, 0.15) is 27.0 Å². The van der Waals surface area contributed by atoms with Crippen molar-refractivity contribution in [3.05, 3.63) is 57.7 Å². The van der Waals surface area contributed by atoms with Gasteiger partial charge in [-0.2, -0.15) is 5.26 Å². The first-order valence-electron chi connectivity index (χ1n) is 6.05. The molecule has 0 spiro atoms. The van der Waals surface area contributed by atoms with Gasteiger partial charge in [0.05, 0.1) is 11.1 Å². The van der Waals surface area contributed by atoms with Crippen LogP contribution in [0, 0.1) is 11.3 Å². The van der Waals surface area contributed by atoms with E-state index in [-0.39, 0.29) is 27.7 Å². The summed E-state index contributed by atoms with van der Waals surface area (Å²) in [6.45, 7) is 0. The molecule has 1 aromatic heterocycles. The smallest absolute Gasteiger partial charge is 0.257 e. The second-order valence-corrected chi connectivity index (χ2v) is 5.01. The summed E-state index contributed by atoms with van der Waals surface area (Å²) in [5.41, 5.74) is 11.8. The van der Waals surface area contributed by atoms with E-state index in [2.05, 4.69) is 10.3 Å². The Hall–Kier alpha value is -2.62. The van der Waals surface area contributed by atoms with Gasteiger partial charge in [-0.05, 0) is 5.56 Å². The summed E-state index contributed by atoms with van der Waals surface area (Å²) in [5, 5.41) is 11.9. The number of nitrogens with one attached hydrogen (secondary N) is 1. The summed E-state index contributed by atoms with van der Waals surface area (Å²) in [6, 6.07) is 10.8. The van der Waals surface area contributed by atoms with Crippen LogP contribution in [0.2, 0.25) is 5.15 Å². The Labute approximate surface area is 125 Å². The molecule has 21 heavy (non-hydrogen) atoms. The molecule has 1 amide bonds. The molecule has 1 aliphatic rings. The number of amides is 1. The fraction of sp³-hybridized carbons (Fsp3) is 0.0714. The van der Waals surface area contributed by atoms with Crippen LogP contribution < -0.4 is 16.8 Å². The van der Waals surface area contributed by atoms with Crippen LogP contribution in [0.4, 0.5) is 5.82 Å². The molecule has 1 aliphatic heterocycles. The van der Waals surface area contributed by atoms with Crippen LogP contribution in [0.25, 0.3) is 0 Å². The first-order valence-corrected chi connectivity index (χ1v) is 6.43. The summed E-state index contributed by atoms with van der Waals surface area (Å²) in [5.74, 6) is -0.524. The lowest BCUT2D eigenvalue weighted by Crippen LogP contribution is -2.49. The number of rotatable bonds is 1. The number of halogens is 1. The normalized spacial score (nSPS) is 19.8. The number of fused-ring (bicyclic) bond motifs is 1. The number of pyridine rings is 1. The molecule has 2 heterocycles. The molecule has 0 bridgehead atoms. The largest absolute Gasteiger partial charge is 0.383 e. The lowest BCUT2D eigenvalue weighted by Gasteiger charge is -2.26. The average molecular weight is 300 g/mol. The van der Waals surface area contributed by atoms with Crippen molar-refractivity contribution in [2.75, 3.05) is 5.73 Å². The molecule has 0 saturated carbocycles. The van der Waals surface area contributed by atoms with Crippen LogP contribution in [0.15, 0.2) is 30.3 Å². The van der Waals surface area contributed by atoms with Gasteiger partial charge in [-0.3, -0.25) is 4.79 Å². The maximum absolute atomic E-state index is 12.2. The maximum Gasteiger partial charge on any atom is 0.257 e. The Morgan fingerprint density at radius 1 is 1.33 bits per heavy atom. The predicted octanol–water partition coefficient (Wildman–Crippen LogP) is 1.09. The monoisotopic (exact) mass is 299 g/mol. The number of hydrogen-bond donors (Lipinski definition) is 3. The van der Waals surface area contributed by atoms with Crippen LogP contribution in [0.3, 0.4) is 0 Å². The van der Waals surface area contributed by atoms with Crippen molar-refractivity contribution in [3.8, 4) is 6.07 Å². The zero-order valence-electron chi connectivity index (χ0n) is 10.7. The third-order valence-corrected chi connectivity index (χ3v) is 3.73. The minimum atomic E-state index is -1.36. The molecule has 1 aromatic carbocycles. The number of nitrogen functional groups attached to an aromatic ring is 1. The van der Waals surface area contributed by atoms with Crippen LogP contribution in [0.5, 0.6) is 0 Å². The number of hydrogen-bond acceptors (Lipinski definition) is 5. The fourth-order valence-electron chi connectivity index (χ4n) is 2.52. The molecular weight excluding hydrogens is 290 g/mol. The van der Waals surface area contributed by atoms with Crippen LogP contribution in [-0.2, 0) is 5.66 Å². The number of carbonyl (C=O) groups excluding carboxylic acids is 1. The van der Waals surface area contributed by atoms with E-state index in [1.54, 1.807) is 24.3 Å². The Bertz CT molecular complexity index is 799. The van der Waals surface area contributed by atoms with Crippen molar-refractivity contribution in [2.45, 2.75) is 5.66 Å². The molecule has 2 aromatic rings. The van der Waals surface area contributed by atoms with Gasteiger partial charge in [0.1, 0.15) is 22.7 Å². The standard InChI is InChI=1S/C14H10ClN5O/c15-11-8(6-16)10-9(12(17)19-11)13(21)20-14(10,18)7-4-2-1-3-5-7/h1-5H,18H2,(H2,17,19)(H,20,21). The predicted molar refractivity (Wildman–Crippen MR) is 77.3 cm³/mol. The summed E-state index contributed by atoms with van der Waals surface area (Å²) in [4.78, 5) is 16.0. The van der Waals surface area contributed by atoms with E-state index in [0.29, 0.717) is 5.56 Å². The van der Waals surface area contributed by atoms with Gasteiger partial charge in [0.2, 0.25) is 0 Å². The highest BCUT2D eigenvalue weighted by atomic mass is 35.5. The molecule has 1 atom stereocenters. The van der Waals surface area contributed by atoms with Gasteiger partial charge in [-0.15, -0.1) is 0 Å². The number of benzene rings is 1. The topological polar surface area (TPSA) is 118 Å². The molecule has 6 nitrogen and oxygen atoms in total. The zero-order chi connectivity index (χ0) is 15.2. The van der Waals surface area contributed by atoms with Crippen molar-refractivity contribution in [1.82, 2.24) is 10.3 Å². The lowest BCUT2D eigenvalue weighted by atomic mass is 9.90. The average Bonchev–Trinajstić information content (AvgIpc) is 2.74.